The normalized spacial score (nSPS) is 14.2. The molecular weight excluding hydrogens is 306 g/mol. The van der Waals surface area contributed by atoms with Gasteiger partial charge >= 0.3 is 0 Å². The summed E-state index contributed by atoms with van der Waals surface area (Å²) in [4.78, 5) is 31.4. The maximum atomic E-state index is 12.3. The molecule has 0 aromatic carbocycles. The van der Waals surface area contributed by atoms with Gasteiger partial charge < -0.3 is 15.1 Å². The summed E-state index contributed by atoms with van der Waals surface area (Å²) in [5.41, 5.74) is 2.22. The molecule has 7 heteroatoms. The summed E-state index contributed by atoms with van der Waals surface area (Å²) >= 11 is 0. The first kappa shape index (κ1) is 17.7. The molecular formula is C17H23N5O2. The van der Waals surface area contributed by atoms with Gasteiger partial charge in [0.25, 0.3) is 0 Å². The lowest BCUT2D eigenvalue weighted by atomic mass is 10.1. The Morgan fingerprint density at radius 3 is 2.46 bits per heavy atom. The van der Waals surface area contributed by atoms with E-state index in [1.54, 1.807) is 16.7 Å². The molecule has 0 radical (unpaired) electrons. The molecule has 2 rings (SSSR count). The standard InChI is InChI=1S/C17H23N5O2/c1-12-10-13(2)20-17(15(12)11-18)19-5-4-16(24)22-8-6-21(7-9-22)14(3)23/h10H,4-9H2,1-3H3,(H,19,20). The third kappa shape index (κ3) is 4.22. The second kappa shape index (κ2) is 7.77. The summed E-state index contributed by atoms with van der Waals surface area (Å²) in [6.45, 7) is 8.04. The maximum absolute atomic E-state index is 12.3. The van der Waals surface area contributed by atoms with E-state index in [-0.39, 0.29) is 11.8 Å². The van der Waals surface area contributed by atoms with Crippen molar-refractivity contribution < 1.29 is 9.59 Å². The zero-order valence-corrected chi connectivity index (χ0v) is 14.4. The van der Waals surface area contributed by atoms with Crippen molar-refractivity contribution in [3.05, 3.63) is 22.9 Å². The van der Waals surface area contributed by atoms with Crippen LogP contribution in [0.3, 0.4) is 0 Å². The zero-order valence-electron chi connectivity index (χ0n) is 14.4. The second-order valence-corrected chi connectivity index (χ2v) is 5.98. The van der Waals surface area contributed by atoms with Crippen molar-refractivity contribution in [1.82, 2.24) is 14.8 Å². The molecule has 0 aliphatic carbocycles. The molecule has 2 heterocycles. The fourth-order valence-electron chi connectivity index (χ4n) is 2.82. The average molecular weight is 329 g/mol. The zero-order chi connectivity index (χ0) is 17.7. The van der Waals surface area contributed by atoms with Gasteiger partial charge in [-0.2, -0.15) is 5.26 Å². The van der Waals surface area contributed by atoms with Crippen LogP contribution in [-0.2, 0) is 9.59 Å². The highest BCUT2D eigenvalue weighted by molar-refractivity contribution is 5.78. The van der Waals surface area contributed by atoms with Crippen molar-refractivity contribution in [3.8, 4) is 6.07 Å². The van der Waals surface area contributed by atoms with Crippen molar-refractivity contribution in [1.29, 1.82) is 5.26 Å². The van der Waals surface area contributed by atoms with Crippen LogP contribution in [0.15, 0.2) is 6.07 Å². The first-order valence-electron chi connectivity index (χ1n) is 8.08. The van der Waals surface area contributed by atoms with E-state index in [9.17, 15) is 14.9 Å². The minimum atomic E-state index is 0.0496. The number of pyridine rings is 1. The van der Waals surface area contributed by atoms with Crippen molar-refractivity contribution in [2.24, 2.45) is 0 Å². The number of nitrogens with one attached hydrogen (secondary N) is 1. The van der Waals surface area contributed by atoms with Gasteiger partial charge in [0.15, 0.2) is 0 Å². The van der Waals surface area contributed by atoms with Gasteiger partial charge in [0.2, 0.25) is 11.8 Å². The number of piperazine rings is 1. The van der Waals surface area contributed by atoms with E-state index in [1.165, 1.54) is 0 Å². The fraction of sp³-hybridized carbons (Fsp3) is 0.529. The molecule has 0 bridgehead atoms. The van der Waals surface area contributed by atoms with Crippen LogP contribution in [0.2, 0.25) is 0 Å². The quantitative estimate of drug-likeness (QED) is 0.892. The van der Waals surface area contributed by atoms with Crippen LogP contribution in [0.25, 0.3) is 0 Å². The summed E-state index contributed by atoms with van der Waals surface area (Å²) < 4.78 is 0. The number of carbonyl (C=O) groups excluding carboxylic acids is 2. The maximum Gasteiger partial charge on any atom is 0.224 e. The first-order chi connectivity index (χ1) is 11.4. The number of rotatable bonds is 4. The molecule has 1 aliphatic heterocycles. The van der Waals surface area contributed by atoms with Crippen LogP contribution in [0.4, 0.5) is 5.82 Å². The number of hydrogen-bond acceptors (Lipinski definition) is 5. The Labute approximate surface area is 142 Å². The highest BCUT2D eigenvalue weighted by Gasteiger charge is 2.22. The lowest BCUT2D eigenvalue weighted by molar-refractivity contribution is -0.138. The van der Waals surface area contributed by atoms with E-state index in [0.717, 1.165) is 11.3 Å². The Morgan fingerprint density at radius 1 is 1.25 bits per heavy atom. The highest BCUT2D eigenvalue weighted by atomic mass is 16.2. The Morgan fingerprint density at radius 2 is 1.88 bits per heavy atom. The molecule has 0 unspecified atom stereocenters. The minimum Gasteiger partial charge on any atom is -0.368 e. The van der Waals surface area contributed by atoms with E-state index < -0.39 is 0 Å². The van der Waals surface area contributed by atoms with Crippen LogP contribution in [0.5, 0.6) is 0 Å². The smallest absolute Gasteiger partial charge is 0.224 e. The van der Waals surface area contributed by atoms with E-state index in [4.69, 9.17) is 0 Å². The number of amides is 2. The summed E-state index contributed by atoms with van der Waals surface area (Å²) in [5, 5.41) is 12.3. The third-order valence-electron chi connectivity index (χ3n) is 4.17. The monoisotopic (exact) mass is 329 g/mol. The molecule has 1 saturated heterocycles. The molecule has 128 valence electrons. The van der Waals surface area contributed by atoms with Crippen LogP contribution in [0, 0.1) is 25.2 Å². The van der Waals surface area contributed by atoms with Gasteiger partial charge in [0, 0.05) is 51.8 Å². The van der Waals surface area contributed by atoms with Gasteiger partial charge in [0.05, 0.1) is 5.56 Å². The van der Waals surface area contributed by atoms with E-state index >= 15 is 0 Å². The predicted octanol–water partition coefficient (Wildman–Crippen LogP) is 1.06. The Hall–Kier alpha value is -2.62. The van der Waals surface area contributed by atoms with Crippen LogP contribution in [0.1, 0.15) is 30.2 Å². The van der Waals surface area contributed by atoms with Crippen molar-refractivity contribution in [2.45, 2.75) is 27.2 Å². The highest BCUT2D eigenvalue weighted by Crippen LogP contribution is 2.17. The number of anilines is 1. The molecule has 7 nitrogen and oxygen atoms in total. The molecule has 1 aliphatic rings. The van der Waals surface area contributed by atoms with E-state index in [0.29, 0.717) is 50.5 Å². The lowest BCUT2D eigenvalue weighted by Crippen LogP contribution is -2.50. The summed E-state index contributed by atoms with van der Waals surface area (Å²) in [5.74, 6) is 0.631. The van der Waals surface area contributed by atoms with Crippen molar-refractivity contribution in [3.63, 3.8) is 0 Å². The van der Waals surface area contributed by atoms with Gasteiger partial charge in [-0.1, -0.05) is 0 Å². The lowest BCUT2D eigenvalue weighted by Gasteiger charge is -2.34. The predicted molar refractivity (Wildman–Crippen MR) is 90.4 cm³/mol. The van der Waals surface area contributed by atoms with Gasteiger partial charge in [-0.25, -0.2) is 4.98 Å². The molecule has 24 heavy (non-hydrogen) atoms. The van der Waals surface area contributed by atoms with Gasteiger partial charge in [-0.15, -0.1) is 0 Å². The SMILES string of the molecule is CC(=O)N1CCN(C(=O)CCNc2nc(C)cc(C)c2C#N)CC1. The van der Waals surface area contributed by atoms with Crippen LogP contribution >= 0.6 is 0 Å². The Kier molecular flexibility index (Phi) is 5.74. The number of carbonyl (C=O) groups is 2. The Balaban J connectivity index is 1.86. The number of aromatic nitrogens is 1. The summed E-state index contributed by atoms with van der Waals surface area (Å²) in [6, 6.07) is 4.01. The molecule has 1 aromatic heterocycles. The topological polar surface area (TPSA) is 89.3 Å². The largest absolute Gasteiger partial charge is 0.368 e. The minimum absolute atomic E-state index is 0.0496. The van der Waals surface area contributed by atoms with Gasteiger partial charge in [-0.3, -0.25) is 9.59 Å². The number of nitrogens with zero attached hydrogens (tertiary/aromatic N) is 4. The molecule has 2 amide bonds. The van der Waals surface area contributed by atoms with E-state index in [2.05, 4.69) is 16.4 Å². The van der Waals surface area contributed by atoms with Crippen LogP contribution < -0.4 is 5.32 Å². The fourth-order valence-corrected chi connectivity index (χ4v) is 2.82. The number of nitriles is 1. The first-order valence-corrected chi connectivity index (χ1v) is 8.08. The average Bonchev–Trinajstić information content (AvgIpc) is 2.54. The molecule has 1 fully saturated rings. The number of hydrogen-bond donors (Lipinski definition) is 1. The molecule has 1 aromatic rings. The van der Waals surface area contributed by atoms with E-state index in [1.807, 2.05) is 19.9 Å². The second-order valence-electron chi connectivity index (χ2n) is 5.98. The molecule has 1 N–H and O–H groups in total. The summed E-state index contributed by atoms with van der Waals surface area (Å²) in [7, 11) is 0. The molecule has 0 atom stereocenters. The van der Waals surface area contributed by atoms with Crippen molar-refractivity contribution in [2.75, 3.05) is 38.0 Å². The molecule has 0 saturated carbocycles. The third-order valence-corrected chi connectivity index (χ3v) is 4.17. The molecule has 0 spiro atoms. The van der Waals surface area contributed by atoms with Crippen LogP contribution in [-0.4, -0.2) is 59.3 Å². The Bertz CT molecular complexity index is 672. The van der Waals surface area contributed by atoms with Crippen molar-refractivity contribution >= 4 is 17.6 Å². The number of aryl methyl sites for hydroxylation is 2. The van der Waals surface area contributed by atoms with Gasteiger partial charge in [0.1, 0.15) is 11.9 Å². The van der Waals surface area contributed by atoms with Gasteiger partial charge in [-0.05, 0) is 25.5 Å². The summed E-state index contributed by atoms with van der Waals surface area (Å²) in [6.07, 6.45) is 0.333.